The predicted octanol–water partition coefficient (Wildman–Crippen LogP) is 0.520. The van der Waals surface area contributed by atoms with E-state index in [0.29, 0.717) is 12.1 Å². The number of piperidine rings is 1. The molecular weight excluding hydrogens is 214 g/mol. The zero-order valence-corrected chi connectivity index (χ0v) is 11.1. The Hall–Kier alpha value is -0.160. The summed E-state index contributed by atoms with van der Waals surface area (Å²) in [5, 5.41) is 0. The number of likely N-dealkylation sites (N-methyl/N-ethyl adjacent to an activating group) is 1. The van der Waals surface area contributed by atoms with Crippen LogP contribution in [0.15, 0.2) is 0 Å². The first-order valence-corrected chi connectivity index (χ1v) is 7.02. The van der Waals surface area contributed by atoms with Crippen LogP contribution in [0.5, 0.6) is 0 Å². The lowest BCUT2D eigenvalue weighted by Gasteiger charge is -2.31. The Morgan fingerprint density at radius 3 is 2.71 bits per heavy atom. The van der Waals surface area contributed by atoms with Gasteiger partial charge in [-0.1, -0.05) is 0 Å². The molecule has 2 rings (SSSR count). The van der Waals surface area contributed by atoms with E-state index >= 15 is 0 Å². The lowest BCUT2D eigenvalue weighted by atomic mass is 10.1. The van der Waals surface area contributed by atoms with Crippen molar-refractivity contribution in [1.82, 2.24) is 9.80 Å². The standard InChI is InChI=1S/C13H27N3O/c1-15(11-13-3-2-10-17-13)8-9-16-6-4-12(14)5-7-16/h12-13H,2-11,14H2,1H3. The van der Waals surface area contributed by atoms with Crippen molar-refractivity contribution in [3.05, 3.63) is 0 Å². The lowest BCUT2D eigenvalue weighted by molar-refractivity contribution is 0.0764. The molecule has 17 heavy (non-hydrogen) atoms. The summed E-state index contributed by atoms with van der Waals surface area (Å²) >= 11 is 0. The van der Waals surface area contributed by atoms with Crippen molar-refractivity contribution >= 4 is 0 Å². The molecule has 2 aliphatic rings. The minimum Gasteiger partial charge on any atom is -0.377 e. The zero-order valence-electron chi connectivity index (χ0n) is 11.1. The van der Waals surface area contributed by atoms with Gasteiger partial charge in [-0.25, -0.2) is 0 Å². The molecular formula is C13H27N3O. The number of ether oxygens (including phenoxy) is 1. The first-order valence-electron chi connectivity index (χ1n) is 7.02. The van der Waals surface area contributed by atoms with Gasteiger partial charge in [0.15, 0.2) is 0 Å². The summed E-state index contributed by atoms with van der Waals surface area (Å²) < 4.78 is 5.66. The van der Waals surface area contributed by atoms with Crippen LogP contribution in [0, 0.1) is 0 Å². The van der Waals surface area contributed by atoms with Gasteiger partial charge in [-0.15, -0.1) is 0 Å². The molecule has 0 amide bonds. The number of likely N-dealkylation sites (tertiary alicyclic amines) is 1. The molecule has 2 fully saturated rings. The van der Waals surface area contributed by atoms with Crippen LogP contribution in [0.25, 0.3) is 0 Å². The summed E-state index contributed by atoms with van der Waals surface area (Å²) in [6.45, 7) is 6.73. The molecule has 1 unspecified atom stereocenters. The Labute approximate surface area is 105 Å². The summed E-state index contributed by atoms with van der Waals surface area (Å²) in [7, 11) is 2.21. The molecule has 4 nitrogen and oxygen atoms in total. The van der Waals surface area contributed by atoms with Gasteiger partial charge in [0, 0.05) is 32.3 Å². The molecule has 0 saturated carbocycles. The van der Waals surface area contributed by atoms with E-state index in [0.717, 1.165) is 32.5 Å². The van der Waals surface area contributed by atoms with E-state index in [-0.39, 0.29) is 0 Å². The first kappa shape index (κ1) is 13.3. The topological polar surface area (TPSA) is 41.7 Å². The quantitative estimate of drug-likeness (QED) is 0.762. The van der Waals surface area contributed by atoms with Crippen molar-refractivity contribution in [3.63, 3.8) is 0 Å². The summed E-state index contributed by atoms with van der Waals surface area (Å²) in [4.78, 5) is 4.94. The highest BCUT2D eigenvalue weighted by Crippen LogP contribution is 2.13. The highest BCUT2D eigenvalue weighted by Gasteiger charge is 2.19. The number of rotatable bonds is 5. The smallest absolute Gasteiger partial charge is 0.0702 e. The third kappa shape index (κ3) is 4.54. The second kappa shape index (κ2) is 6.69. The van der Waals surface area contributed by atoms with Crippen molar-refractivity contribution in [2.24, 2.45) is 5.73 Å². The molecule has 1 atom stereocenters. The van der Waals surface area contributed by atoms with Gasteiger partial charge in [0.25, 0.3) is 0 Å². The predicted molar refractivity (Wildman–Crippen MR) is 70.1 cm³/mol. The molecule has 2 N–H and O–H groups in total. The Balaban J connectivity index is 1.57. The van der Waals surface area contributed by atoms with Crippen molar-refractivity contribution in [3.8, 4) is 0 Å². The maximum atomic E-state index is 5.91. The van der Waals surface area contributed by atoms with Gasteiger partial charge in [-0.3, -0.25) is 0 Å². The first-order chi connectivity index (χ1) is 8.24. The molecule has 0 spiro atoms. The summed E-state index contributed by atoms with van der Waals surface area (Å²) in [5.74, 6) is 0. The van der Waals surface area contributed by atoms with Crippen LogP contribution in [0.3, 0.4) is 0 Å². The molecule has 0 radical (unpaired) electrons. The molecule has 2 heterocycles. The van der Waals surface area contributed by atoms with Gasteiger partial charge >= 0.3 is 0 Å². The Morgan fingerprint density at radius 1 is 1.29 bits per heavy atom. The minimum atomic E-state index is 0.441. The number of nitrogens with zero attached hydrogens (tertiary/aromatic N) is 2. The van der Waals surface area contributed by atoms with Crippen molar-refractivity contribution in [2.45, 2.75) is 37.8 Å². The van der Waals surface area contributed by atoms with E-state index in [1.165, 1.54) is 32.5 Å². The Kier molecular flexibility index (Phi) is 5.22. The lowest BCUT2D eigenvalue weighted by Crippen LogP contribution is -2.43. The van der Waals surface area contributed by atoms with Crippen LogP contribution in [0.1, 0.15) is 25.7 Å². The average Bonchev–Trinajstić information content (AvgIpc) is 2.81. The molecule has 0 aromatic heterocycles. The van der Waals surface area contributed by atoms with E-state index in [4.69, 9.17) is 10.5 Å². The second-order valence-electron chi connectivity index (χ2n) is 5.58. The molecule has 0 bridgehead atoms. The number of hydrogen-bond acceptors (Lipinski definition) is 4. The fourth-order valence-electron chi connectivity index (χ4n) is 2.72. The Morgan fingerprint density at radius 2 is 2.06 bits per heavy atom. The monoisotopic (exact) mass is 241 g/mol. The number of nitrogens with two attached hydrogens (primary N) is 1. The molecule has 0 aromatic rings. The highest BCUT2D eigenvalue weighted by molar-refractivity contribution is 4.75. The van der Waals surface area contributed by atoms with Gasteiger partial charge in [-0.05, 0) is 45.8 Å². The fraction of sp³-hybridized carbons (Fsp3) is 1.00. The van der Waals surface area contributed by atoms with Crippen LogP contribution in [-0.2, 0) is 4.74 Å². The number of hydrogen-bond donors (Lipinski definition) is 1. The maximum Gasteiger partial charge on any atom is 0.0702 e. The summed E-state index contributed by atoms with van der Waals surface area (Å²) in [5.41, 5.74) is 5.91. The van der Waals surface area contributed by atoms with Crippen molar-refractivity contribution < 1.29 is 4.74 Å². The van der Waals surface area contributed by atoms with Gasteiger partial charge in [0.05, 0.1) is 6.10 Å². The van der Waals surface area contributed by atoms with Gasteiger partial charge < -0.3 is 20.3 Å². The van der Waals surface area contributed by atoms with Crippen molar-refractivity contribution in [2.75, 3.05) is 46.4 Å². The molecule has 0 aromatic carbocycles. The molecule has 0 aliphatic carbocycles. The maximum absolute atomic E-state index is 5.91. The van der Waals surface area contributed by atoms with Crippen LogP contribution in [-0.4, -0.2) is 68.3 Å². The Bertz CT molecular complexity index is 211. The normalized spacial score (nSPS) is 28.1. The highest BCUT2D eigenvalue weighted by atomic mass is 16.5. The van der Waals surface area contributed by atoms with Crippen LogP contribution < -0.4 is 5.73 Å². The van der Waals surface area contributed by atoms with E-state index in [1.54, 1.807) is 0 Å². The van der Waals surface area contributed by atoms with E-state index in [2.05, 4.69) is 16.8 Å². The summed E-state index contributed by atoms with van der Waals surface area (Å²) in [6, 6.07) is 0.441. The molecule has 100 valence electrons. The largest absolute Gasteiger partial charge is 0.377 e. The van der Waals surface area contributed by atoms with Gasteiger partial charge in [0.1, 0.15) is 0 Å². The van der Waals surface area contributed by atoms with Crippen LogP contribution in [0.4, 0.5) is 0 Å². The fourth-order valence-corrected chi connectivity index (χ4v) is 2.72. The van der Waals surface area contributed by atoms with Crippen LogP contribution >= 0.6 is 0 Å². The van der Waals surface area contributed by atoms with Crippen molar-refractivity contribution in [1.29, 1.82) is 0 Å². The van der Waals surface area contributed by atoms with Crippen LogP contribution in [0.2, 0.25) is 0 Å². The zero-order chi connectivity index (χ0) is 12.1. The van der Waals surface area contributed by atoms with E-state index < -0.39 is 0 Å². The van der Waals surface area contributed by atoms with E-state index in [1.807, 2.05) is 0 Å². The third-order valence-corrected chi connectivity index (χ3v) is 3.97. The minimum absolute atomic E-state index is 0.441. The average molecular weight is 241 g/mol. The molecule has 2 saturated heterocycles. The van der Waals surface area contributed by atoms with E-state index in [9.17, 15) is 0 Å². The third-order valence-electron chi connectivity index (χ3n) is 3.97. The summed E-state index contributed by atoms with van der Waals surface area (Å²) in [6.07, 6.45) is 5.28. The molecule has 4 heteroatoms. The van der Waals surface area contributed by atoms with Gasteiger partial charge in [-0.2, -0.15) is 0 Å². The molecule has 2 aliphatic heterocycles. The second-order valence-corrected chi connectivity index (χ2v) is 5.58. The SMILES string of the molecule is CN(CCN1CCC(N)CC1)CC1CCCO1. The van der Waals surface area contributed by atoms with Gasteiger partial charge in [0.2, 0.25) is 0 Å².